The number of allylic oxidation sites excluding steroid dienone is 2. The van der Waals surface area contributed by atoms with Crippen molar-refractivity contribution in [3.05, 3.63) is 119 Å². The van der Waals surface area contributed by atoms with Gasteiger partial charge >= 0.3 is 0 Å². The molecule has 0 unspecified atom stereocenters. The van der Waals surface area contributed by atoms with Gasteiger partial charge in [0.15, 0.2) is 0 Å². The lowest BCUT2D eigenvalue weighted by molar-refractivity contribution is 0.585. The second-order valence-corrected chi connectivity index (χ2v) is 7.69. The number of fused-ring (bicyclic) bond motifs is 1. The van der Waals surface area contributed by atoms with Crippen molar-refractivity contribution >= 4 is 10.8 Å². The molecule has 0 amide bonds. The Morgan fingerprint density at radius 2 is 1.45 bits per heavy atom. The molecule has 0 saturated heterocycles. The molecule has 0 aliphatic carbocycles. The fourth-order valence-electron chi connectivity index (χ4n) is 3.67. The molecule has 0 fully saturated rings. The van der Waals surface area contributed by atoms with E-state index in [-0.39, 0.29) is 22.5 Å². The molecule has 4 heteroatoms. The van der Waals surface area contributed by atoms with Crippen LogP contribution in [0.3, 0.4) is 0 Å². The first kappa shape index (κ1) is 22.4. The maximum Gasteiger partial charge on any atom is 0.139 e. The molecule has 0 radical (unpaired) electrons. The fraction of sp³-hybridized carbons (Fsp3) is 0.103. The van der Waals surface area contributed by atoms with E-state index in [9.17, 15) is 17.6 Å². The number of benzene rings is 4. The molecule has 0 aromatic heterocycles. The molecule has 4 rings (SSSR count). The zero-order valence-electron chi connectivity index (χ0n) is 17.9. The van der Waals surface area contributed by atoms with Gasteiger partial charge in [-0.15, -0.1) is 0 Å². The van der Waals surface area contributed by atoms with E-state index in [0.29, 0.717) is 24.0 Å². The normalized spacial score (nSPS) is 11.1. The maximum absolute atomic E-state index is 14.7. The van der Waals surface area contributed by atoms with Crippen LogP contribution in [0.5, 0.6) is 0 Å². The van der Waals surface area contributed by atoms with Crippen LogP contribution in [0.1, 0.15) is 30.0 Å². The lowest BCUT2D eigenvalue weighted by Gasteiger charge is -2.09. The highest BCUT2D eigenvalue weighted by atomic mass is 19.1. The molecule has 0 saturated carbocycles. The van der Waals surface area contributed by atoms with Crippen LogP contribution in [-0.4, -0.2) is 0 Å². The van der Waals surface area contributed by atoms with Crippen molar-refractivity contribution in [3.8, 4) is 23.0 Å². The van der Waals surface area contributed by atoms with Crippen LogP contribution in [0, 0.1) is 35.1 Å². The van der Waals surface area contributed by atoms with Gasteiger partial charge in [0.1, 0.15) is 23.3 Å². The van der Waals surface area contributed by atoms with Crippen molar-refractivity contribution in [1.82, 2.24) is 0 Å². The molecule has 0 aliphatic heterocycles. The summed E-state index contributed by atoms with van der Waals surface area (Å²) in [5, 5.41) is 1.56. The topological polar surface area (TPSA) is 0 Å². The Morgan fingerprint density at radius 1 is 0.727 bits per heavy atom. The predicted molar refractivity (Wildman–Crippen MR) is 125 cm³/mol. The van der Waals surface area contributed by atoms with Gasteiger partial charge in [0.05, 0.1) is 11.1 Å². The van der Waals surface area contributed by atoms with Crippen molar-refractivity contribution in [2.75, 3.05) is 0 Å². The summed E-state index contributed by atoms with van der Waals surface area (Å²) in [5.41, 5.74) is 1.16. The molecule has 0 N–H and O–H groups in total. The Labute approximate surface area is 190 Å². The minimum Gasteiger partial charge on any atom is -0.207 e. The summed E-state index contributed by atoms with van der Waals surface area (Å²) in [6, 6.07) is 16.2. The molecule has 0 spiro atoms. The highest BCUT2D eigenvalue weighted by molar-refractivity contribution is 5.84. The van der Waals surface area contributed by atoms with Crippen molar-refractivity contribution in [3.63, 3.8) is 0 Å². The average molecular weight is 444 g/mol. The third-order valence-corrected chi connectivity index (χ3v) is 5.34. The maximum atomic E-state index is 14.7. The van der Waals surface area contributed by atoms with Gasteiger partial charge in [-0.25, -0.2) is 17.6 Å². The zero-order valence-corrected chi connectivity index (χ0v) is 17.9. The quantitative estimate of drug-likeness (QED) is 0.170. The Morgan fingerprint density at radius 3 is 2.18 bits per heavy atom. The molecular weight excluding hydrogens is 424 g/mol. The average Bonchev–Trinajstić information content (AvgIpc) is 2.78. The van der Waals surface area contributed by atoms with E-state index >= 15 is 0 Å². The summed E-state index contributed by atoms with van der Waals surface area (Å²) in [6.07, 6.45) is 5.02. The van der Waals surface area contributed by atoms with Gasteiger partial charge in [0.25, 0.3) is 0 Å². The predicted octanol–water partition coefficient (Wildman–Crippen LogP) is 7.97. The van der Waals surface area contributed by atoms with E-state index in [2.05, 4.69) is 11.8 Å². The molecular formula is C29H20F4. The lowest BCUT2D eigenvalue weighted by atomic mass is 9.99. The van der Waals surface area contributed by atoms with Crippen molar-refractivity contribution in [2.45, 2.75) is 19.8 Å². The molecule has 0 bridgehead atoms. The van der Waals surface area contributed by atoms with E-state index in [1.54, 1.807) is 24.3 Å². The highest BCUT2D eigenvalue weighted by Crippen LogP contribution is 2.29. The lowest BCUT2D eigenvalue weighted by Crippen LogP contribution is -1.96. The summed E-state index contributed by atoms with van der Waals surface area (Å²) >= 11 is 0. The molecule has 4 aromatic rings. The number of aryl methyl sites for hydroxylation is 1. The summed E-state index contributed by atoms with van der Waals surface area (Å²) < 4.78 is 57.3. The van der Waals surface area contributed by atoms with Crippen LogP contribution in [0.15, 0.2) is 78.9 Å². The summed E-state index contributed by atoms with van der Waals surface area (Å²) in [6.45, 7) is 1.89. The minimum absolute atomic E-state index is 0.112. The van der Waals surface area contributed by atoms with E-state index in [1.807, 2.05) is 19.1 Å². The van der Waals surface area contributed by atoms with Gasteiger partial charge in [-0.05, 0) is 90.2 Å². The highest BCUT2D eigenvalue weighted by Gasteiger charge is 2.15. The van der Waals surface area contributed by atoms with E-state index in [4.69, 9.17) is 0 Å². The van der Waals surface area contributed by atoms with Crippen molar-refractivity contribution in [2.24, 2.45) is 0 Å². The van der Waals surface area contributed by atoms with Crippen LogP contribution in [0.2, 0.25) is 0 Å². The summed E-state index contributed by atoms with van der Waals surface area (Å²) in [7, 11) is 0. The van der Waals surface area contributed by atoms with Crippen LogP contribution < -0.4 is 0 Å². The molecule has 0 heterocycles. The van der Waals surface area contributed by atoms with Crippen LogP contribution >= 0.6 is 0 Å². The van der Waals surface area contributed by atoms with Gasteiger partial charge in [-0.1, -0.05) is 42.2 Å². The smallest absolute Gasteiger partial charge is 0.139 e. The van der Waals surface area contributed by atoms with E-state index in [1.165, 1.54) is 36.4 Å². The Bertz CT molecular complexity index is 1400. The van der Waals surface area contributed by atoms with Crippen LogP contribution in [0.25, 0.3) is 21.9 Å². The number of halogens is 4. The monoisotopic (exact) mass is 444 g/mol. The van der Waals surface area contributed by atoms with Gasteiger partial charge in [-0.2, -0.15) is 0 Å². The third kappa shape index (κ3) is 5.15. The molecule has 164 valence electrons. The molecule has 0 aliphatic rings. The fourth-order valence-corrected chi connectivity index (χ4v) is 3.67. The number of hydrogen-bond acceptors (Lipinski definition) is 0. The third-order valence-electron chi connectivity index (χ3n) is 5.34. The minimum atomic E-state index is -0.726. The first-order chi connectivity index (χ1) is 15.9. The number of rotatable bonds is 4. The van der Waals surface area contributed by atoms with Gasteiger partial charge in [0.2, 0.25) is 0 Å². The molecule has 0 atom stereocenters. The Hall–Kier alpha value is -3.84. The van der Waals surface area contributed by atoms with E-state index < -0.39 is 17.5 Å². The Balaban J connectivity index is 1.60. The molecule has 33 heavy (non-hydrogen) atoms. The second kappa shape index (κ2) is 9.75. The largest absolute Gasteiger partial charge is 0.207 e. The second-order valence-electron chi connectivity index (χ2n) is 7.69. The van der Waals surface area contributed by atoms with Crippen molar-refractivity contribution < 1.29 is 17.6 Å². The van der Waals surface area contributed by atoms with Crippen LogP contribution in [-0.2, 0) is 6.42 Å². The number of hydrogen-bond donors (Lipinski definition) is 0. The standard InChI is InChI=1S/C29H20F4/c1-2-3-4-5-20-15-27(32)29(28(33)16-20)24-11-10-21(26(31)18-24)8-6-19-7-9-23-17-25(30)13-12-22(23)14-19/h2-3,7,9-18H,4-5H2,1H3/b3-2+. The van der Waals surface area contributed by atoms with Gasteiger partial charge < -0.3 is 0 Å². The zero-order chi connectivity index (χ0) is 23.4. The molecule has 4 aromatic carbocycles. The molecule has 0 nitrogen and oxygen atoms in total. The first-order valence-electron chi connectivity index (χ1n) is 10.5. The van der Waals surface area contributed by atoms with Gasteiger partial charge in [0, 0.05) is 5.56 Å². The van der Waals surface area contributed by atoms with E-state index in [0.717, 1.165) is 16.8 Å². The first-order valence-corrected chi connectivity index (χ1v) is 10.5. The van der Waals surface area contributed by atoms with Gasteiger partial charge in [-0.3, -0.25) is 0 Å². The summed E-state index contributed by atoms with van der Waals surface area (Å²) in [4.78, 5) is 0. The Kier molecular flexibility index (Phi) is 6.60. The van der Waals surface area contributed by atoms with Crippen molar-refractivity contribution in [1.29, 1.82) is 0 Å². The summed E-state index contributed by atoms with van der Waals surface area (Å²) in [5.74, 6) is 3.20. The SMILES string of the molecule is C/C=C/CCc1cc(F)c(-c2ccc(C#Cc3ccc4cc(F)ccc4c3)c(F)c2)c(F)c1. The van der Waals surface area contributed by atoms with Crippen LogP contribution in [0.4, 0.5) is 17.6 Å².